The Morgan fingerprint density at radius 3 is 1.85 bits per heavy atom. The number of fused-ring (bicyclic) bond motifs is 15. The molecule has 0 fully saturated rings. The topological polar surface area (TPSA) is 35.1 Å². The maximum Gasteiger partial charge on any atom is 0.162 e. The minimum absolute atomic E-state index is 0.712. The molecule has 4 nitrogen and oxygen atoms in total. The van der Waals surface area contributed by atoms with Crippen molar-refractivity contribution in [1.29, 1.82) is 0 Å². The molecule has 0 saturated heterocycles. The van der Waals surface area contributed by atoms with Crippen LogP contribution in [0.5, 0.6) is 0 Å². The standard InChI is InChI=1S/C50H28N4/c1-2-13-31-27-44-39(26-30(31)12-1)40-28-45-46(47-38-17-7-9-19-42(38)53(44)48(40)47)37-16-6-10-20-43(37)54(45)50-36-15-5-8-18-41(36)51-49(52-50)33-23-24-35-32(25-33)22-21-29-11-3-4-14-34(29)35/h1-28H. The third kappa shape index (κ3) is 3.61. The summed E-state index contributed by atoms with van der Waals surface area (Å²) in [4.78, 5) is 10.7. The van der Waals surface area contributed by atoms with E-state index in [1.54, 1.807) is 0 Å². The molecule has 54 heavy (non-hydrogen) atoms. The second kappa shape index (κ2) is 10.2. The van der Waals surface area contributed by atoms with Crippen LogP contribution >= 0.6 is 0 Å². The first-order valence-electron chi connectivity index (χ1n) is 18.5. The second-order valence-corrected chi connectivity index (χ2v) is 14.6. The summed E-state index contributed by atoms with van der Waals surface area (Å²) in [7, 11) is 0. The highest BCUT2D eigenvalue weighted by atomic mass is 15.1. The molecular weight excluding hydrogens is 657 g/mol. The summed E-state index contributed by atoms with van der Waals surface area (Å²) in [5.74, 6) is 1.59. The fraction of sp³-hybridized carbons (Fsp3) is 0. The zero-order valence-corrected chi connectivity index (χ0v) is 29.0. The normalized spacial score (nSPS) is 12.4. The Bertz CT molecular complexity index is 3740. The summed E-state index contributed by atoms with van der Waals surface area (Å²) >= 11 is 0. The van der Waals surface area contributed by atoms with Gasteiger partial charge >= 0.3 is 0 Å². The van der Waals surface area contributed by atoms with Crippen LogP contribution in [-0.4, -0.2) is 18.9 Å². The van der Waals surface area contributed by atoms with E-state index in [2.05, 4.69) is 179 Å². The van der Waals surface area contributed by atoms with Gasteiger partial charge in [-0.05, 0) is 80.8 Å². The predicted octanol–water partition coefficient (Wildman–Crippen LogP) is 13.0. The van der Waals surface area contributed by atoms with E-state index in [0.717, 1.165) is 33.3 Å². The van der Waals surface area contributed by atoms with E-state index in [1.807, 2.05) is 0 Å². The van der Waals surface area contributed by atoms with Crippen LogP contribution in [0.4, 0.5) is 0 Å². The third-order valence-electron chi connectivity index (χ3n) is 11.8. The molecule has 13 aromatic rings. The van der Waals surface area contributed by atoms with Crippen molar-refractivity contribution in [3.63, 3.8) is 0 Å². The van der Waals surface area contributed by atoms with Crippen molar-refractivity contribution in [2.45, 2.75) is 0 Å². The van der Waals surface area contributed by atoms with E-state index in [4.69, 9.17) is 9.97 Å². The average Bonchev–Trinajstić information content (AvgIpc) is 3.86. The zero-order chi connectivity index (χ0) is 35.1. The first-order valence-corrected chi connectivity index (χ1v) is 18.5. The Morgan fingerprint density at radius 2 is 1.00 bits per heavy atom. The lowest BCUT2D eigenvalue weighted by atomic mass is 10.00. The van der Waals surface area contributed by atoms with Crippen LogP contribution in [0.1, 0.15) is 0 Å². The quantitative estimate of drug-likeness (QED) is 0.170. The number of para-hydroxylation sites is 3. The summed E-state index contributed by atoms with van der Waals surface area (Å²) in [6, 6.07) is 61.6. The molecule has 4 heterocycles. The van der Waals surface area contributed by atoms with E-state index in [-0.39, 0.29) is 0 Å². The summed E-state index contributed by atoms with van der Waals surface area (Å²) in [5, 5.41) is 15.9. The fourth-order valence-electron chi connectivity index (χ4n) is 9.44. The van der Waals surface area contributed by atoms with Gasteiger partial charge in [0.15, 0.2) is 5.82 Å². The SMILES string of the molecule is c1ccc2cc3c(cc2c1)c1cc2c(c4ccccc4n2-c2nc(-c4ccc5c(ccc6ccccc65)c4)nc4ccccc24)c2c4ccccc4n3c12. The van der Waals surface area contributed by atoms with Gasteiger partial charge in [-0.1, -0.05) is 121 Å². The Labute approximate surface area is 308 Å². The second-order valence-electron chi connectivity index (χ2n) is 14.6. The lowest BCUT2D eigenvalue weighted by Crippen LogP contribution is -2.02. The largest absolute Gasteiger partial charge is 0.308 e. The molecule has 0 aliphatic rings. The first kappa shape index (κ1) is 28.3. The van der Waals surface area contributed by atoms with Crippen LogP contribution in [-0.2, 0) is 0 Å². The number of nitrogens with zero attached hydrogens (tertiary/aromatic N) is 4. The van der Waals surface area contributed by atoms with Crippen molar-refractivity contribution in [1.82, 2.24) is 18.9 Å². The molecule has 0 N–H and O–H groups in total. The molecule has 0 spiro atoms. The van der Waals surface area contributed by atoms with Crippen LogP contribution in [0.3, 0.4) is 0 Å². The molecule has 13 rings (SSSR count). The van der Waals surface area contributed by atoms with E-state index >= 15 is 0 Å². The first-order chi connectivity index (χ1) is 26.8. The van der Waals surface area contributed by atoms with Gasteiger partial charge in [0.25, 0.3) is 0 Å². The van der Waals surface area contributed by atoms with Gasteiger partial charge in [0.1, 0.15) is 5.82 Å². The van der Waals surface area contributed by atoms with Gasteiger partial charge in [0, 0.05) is 43.3 Å². The lowest BCUT2D eigenvalue weighted by Gasteiger charge is -2.13. The van der Waals surface area contributed by atoms with Crippen LogP contribution in [0.15, 0.2) is 170 Å². The van der Waals surface area contributed by atoms with Crippen molar-refractivity contribution < 1.29 is 0 Å². The Kier molecular flexibility index (Phi) is 5.34. The molecule has 0 aliphatic heterocycles. The molecule has 0 saturated carbocycles. The van der Waals surface area contributed by atoms with Gasteiger partial charge < -0.3 is 4.40 Å². The fourth-order valence-corrected chi connectivity index (χ4v) is 9.44. The minimum atomic E-state index is 0.712. The Morgan fingerprint density at radius 1 is 0.352 bits per heavy atom. The number of benzene rings is 9. The van der Waals surface area contributed by atoms with E-state index in [1.165, 1.54) is 81.2 Å². The highest BCUT2D eigenvalue weighted by Gasteiger charge is 2.25. The van der Waals surface area contributed by atoms with Crippen LogP contribution in [0.2, 0.25) is 0 Å². The lowest BCUT2D eigenvalue weighted by molar-refractivity contribution is 1.08. The molecule has 0 atom stereocenters. The van der Waals surface area contributed by atoms with Gasteiger partial charge in [-0.3, -0.25) is 4.57 Å². The maximum atomic E-state index is 5.51. The van der Waals surface area contributed by atoms with Crippen molar-refractivity contribution in [3.05, 3.63) is 170 Å². The third-order valence-corrected chi connectivity index (χ3v) is 11.8. The molecule has 0 amide bonds. The van der Waals surface area contributed by atoms with Crippen LogP contribution in [0, 0.1) is 0 Å². The van der Waals surface area contributed by atoms with Crippen molar-refractivity contribution >= 4 is 103 Å². The van der Waals surface area contributed by atoms with E-state index < -0.39 is 0 Å². The van der Waals surface area contributed by atoms with Crippen molar-refractivity contribution in [2.24, 2.45) is 0 Å². The van der Waals surface area contributed by atoms with Crippen molar-refractivity contribution in [2.75, 3.05) is 0 Å². The highest BCUT2D eigenvalue weighted by Crippen LogP contribution is 2.47. The van der Waals surface area contributed by atoms with Gasteiger partial charge in [0.05, 0.1) is 33.1 Å². The molecular formula is C50H28N4. The molecule has 4 aromatic heterocycles. The van der Waals surface area contributed by atoms with E-state index in [9.17, 15) is 0 Å². The summed E-state index contributed by atoms with van der Waals surface area (Å²) in [5.41, 5.74) is 7.91. The number of hydrogen-bond acceptors (Lipinski definition) is 2. The number of rotatable bonds is 2. The molecule has 248 valence electrons. The van der Waals surface area contributed by atoms with Gasteiger partial charge in [-0.25, -0.2) is 9.97 Å². The molecule has 0 unspecified atom stereocenters. The number of hydrogen-bond donors (Lipinski definition) is 0. The monoisotopic (exact) mass is 684 g/mol. The minimum Gasteiger partial charge on any atom is -0.308 e. The Hall–Kier alpha value is -7.30. The summed E-state index contributed by atoms with van der Waals surface area (Å²) < 4.78 is 4.89. The molecule has 0 aliphatic carbocycles. The molecule has 0 radical (unpaired) electrons. The van der Waals surface area contributed by atoms with Gasteiger partial charge in [-0.2, -0.15) is 0 Å². The average molecular weight is 685 g/mol. The van der Waals surface area contributed by atoms with Crippen LogP contribution in [0.25, 0.3) is 120 Å². The smallest absolute Gasteiger partial charge is 0.162 e. The van der Waals surface area contributed by atoms with Gasteiger partial charge in [0.2, 0.25) is 0 Å². The zero-order valence-electron chi connectivity index (χ0n) is 29.0. The van der Waals surface area contributed by atoms with Crippen LogP contribution < -0.4 is 0 Å². The molecule has 4 heteroatoms. The Balaban J connectivity index is 1.18. The van der Waals surface area contributed by atoms with Gasteiger partial charge in [-0.15, -0.1) is 0 Å². The van der Waals surface area contributed by atoms with Crippen molar-refractivity contribution in [3.8, 4) is 17.2 Å². The molecule has 0 bridgehead atoms. The number of aromatic nitrogens is 4. The highest BCUT2D eigenvalue weighted by molar-refractivity contribution is 6.36. The maximum absolute atomic E-state index is 5.51. The summed E-state index contributed by atoms with van der Waals surface area (Å²) in [6.07, 6.45) is 0. The molecule has 9 aromatic carbocycles. The summed E-state index contributed by atoms with van der Waals surface area (Å²) in [6.45, 7) is 0. The van der Waals surface area contributed by atoms with E-state index in [0.29, 0.717) is 5.82 Å². The predicted molar refractivity (Wildman–Crippen MR) is 226 cm³/mol.